The lowest BCUT2D eigenvalue weighted by molar-refractivity contribution is -0.175. The molecule has 5 atom stereocenters. The highest BCUT2D eigenvalue weighted by Gasteiger charge is 2.64. The summed E-state index contributed by atoms with van der Waals surface area (Å²) in [5.41, 5.74) is 1.43. The topological polar surface area (TPSA) is 70.7 Å². The number of carbonyl (C=O) groups excluding carboxylic acids is 1. The van der Waals surface area contributed by atoms with Gasteiger partial charge in [-0.1, -0.05) is 20.8 Å². The maximum Gasteiger partial charge on any atom is 0.167 e. The van der Waals surface area contributed by atoms with Crippen LogP contribution in [0.4, 0.5) is 0 Å². The lowest BCUT2D eigenvalue weighted by atomic mass is 9.40. The third-order valence-corrected chi connectivity index (χ3v) is 7.84. The second kappa shape index (κ2) is 4.95. The Labute approximate surface area is 143 Å². The first kappa shape index (κ1) is 16.3. The number of carbonyl (C=O) groups is 1. The van der Waals surface area contributed by atoms with Gasteiger partial charge in [-0.2, -0.15) is 0 Å². The summed E-state index contributed by atoms with van der Waals surface area (Å²) in [7, 11) is 0. The third kappa shape index (κ3) is 1.79. The molecular weight excluding hydrogens is 304 g/mol. The minimum atomic E-state index is -0.888. The molecule has 0 aromatic carbocycles. The van der Waals surface area contributed by atoms with Gasteiger partial charge < -0.3 is 14.6 Å². The van der Waals surface area contributed by atoms with Gasteiger partial charge in [-0.3, -0.25) is 4.79 Å². The highest BCUT2D eigenvalue weighted by atomic mass is 16.3. The molecule has 24 heavy (non-hydrogen) atoms. The van der Waals surface area contributed by atoms with Gasteiger partial charge in [0.1, 0.15) is 6.10 Å². The largest absolute Gasteiger partial charge is 0.472 e. The van der Waals surface area contributed by atoms with Crippen molar-refractivity contribution in [2.45, 2.75) is 64.4 Å². The minimum Gasteiger partial charge on any atom is -0.472 e. The molecule has 132 valence electrons. The number of hydrogen-bond acceptors (Lipinski definition) is 4. The van der Waals surface area contributed by atoms with Gasteiger partial charge in [0, 0.05) is 16.4 Å². The Kier molecular flexibility index (Phi) is 3.37. The molecule has 1 heterocycles. The van der Waals surface area contributed by atoms with Crippen molar-refractivity contribution < 1.29 is 19.4 Å². The zero-order valence-corrected chi connectivity index (χ0v) is 14.8. The van der Waals surface area contributed by atoms with E-state index >= 15 is 0 Å². The fourth-order valence-corrected chi connectivity index (χ4v) is 6.82. The molecule has 3 aliphatic rings. The highest BCUT2D eigenvalue weighted by Crippen LogP contribution is 2.66. The summed E-state index contributed by atoms with van der Waals surface area (Å²) in [5.74, 6) is 0.501. The van der Waals surface area contributed by atoms with Crippen LogP contribution in [-0.4, -0.2) is 28.7 Å². The lowest BCUT2D eigenvalue weighted by Gasteiger charge is -2.64. The van der Waals surface area contributed by atoms with Gasteiger partial charge in [0.2, 0.25) is 0 Å². The fourth-order valence-electron chi connectivity index (χ4n) is 6.82. The highest BCUT2D eigenvalue weighted by molar-refractivity contribution is 5.89. The molecule has 5 unspecified atom stereocenters. The van der Waals surface area contributed by atoms with Crippen molar-refractivity contribution in [1.29, 1.82) is 0 Å². The van der Waals surface area contributed by atoms with Crippen LogP contribution in [0.1, 0.15) is 57.6 Å². The van der Waals surface area contributed by atoms with E-state index in [4.69, 9.17) is 4.42 Å². The third-order valence-electron chi connectivity index (χ3n) is 7.84. The van der Waals surface area contributed by atoms with E-state index in [0.717, 1.165) is 31.2 Å². The first-order valence-electron chi connectivity index (χ1n) is 9.16. The Bertz CT molecular complexity index is 675. The van der Waals surface area contributed by atoms with Crippen molar-refractivity contribution in [3.63, 3.8) is 0 Å². The number of aryl methyl sites for hydroxylation is 1. The summed E-state index contributed by atoms with van der Waals surface area (Å²) in [6.45, 7) is 6.35. The van der Waals surface area contributed by atoms with Crippen molar-refractivity contribution in [3.05, 3.63) is 23.7 Å². The number of hydrogen-bond donors (Lipinski definition) is 2. The van der Waals surface area contributed by atoms with Gasteiger partial charge in [-0.05, 0) is 54.9 Å². The van der Waals surface area contributed by atoms with Crippen molar-refractivity contribution in [3.8, 4) is 0 Å². The van der Waals surface area contributed by atoms with Crippen LogP contribution in [0.15, 0.2) is 16.9 Å². The average molecular weight is 332 g/mol. The van der Waals surface area contributed by atoms with Crippen molar-refractivity contribution in [2.24, 2.45) is 22.7 Å². The minimum absolute atomic E-state index is 0.0127. The van der Waals surface area contributed by atoms with Crippen molar-refractivity contribution in [1.82, 2.24) is 0 Å². The molecule has 0 bridgehead atoms. The van der Waals surface area contributed by atoms with Gasteiger partial charge in [0.25, 0.3) is 0 Å². The number of ketones is 1. The van der Waals surface area contributed by atoms with E-state index in [-0.39, 0.29) is 35.1 Å². The molecule has 0 aliphatic heterocycles. The van der Waals surface area contributed by atoms with E-state index in [1.165, 1.54) is 5.56 Å². The molecule has 4 rings (SSSR count). The molecule has 4 nitrogen and oxygen atoms in total. The predicted octanol–water partition coefficient (Wildman–Crippen LogP) is 2.85. The van der Waals surface area contributed by atoms with Gasteiger partial charge in [-0.15, -0.1) is 0 Å². The average Bonchev–Trinajstić information content (AvgIpc) is 3.02. The summed E-state index contributed by atoms with van der Waals surface area (Å²) in [6, 6.07) is 0. The van der Waals surface area contributed by atoms with E-state index in [1.54, 1.807) is 0 Å². The molecule has 3 aliphatic carbocycles. The van der Waals surface area contributed by atoms with E-state index in [9.17, 15) is 15.0 Å². The number of Topliss-reactive ketones (excluding diaryl/α,β-unsaturated/α-hetero) is 1. The summed E-state index contributed by atoms with van der Waals surface area (Å²) in [4.78, 5) is 12.6. The lowest BCUT2D eigenvalue weighted by Crippen LogP contribution is -2.64. The van der Waals surface area contributed by atoms with Crippen LogP contribution in [0.5, 0.6) is 0 Å². The normalized spacial score (nSPS) is 43.7. The smallest absolute Gasteiger partial charge is 0.167 e. The Hall–Kier alpha value is -1.13. The molecule has 2 fully saturated rings. The number of aliphatic hydroxyl groups excluding tert-OH is 2. The van der Waals surface area contributed by atoms with Gasteiger partial charge in [0.05, 0.1) is 19.1 Å². The second-order valence-electron chi connectivity index (χ2n) is 9.12. The zero-order chi connectivity index (χ0) is 17.3. The molecule has 1 aromatic heterocycles. The van der Waals surface area contributed by atoms with Crippen molar-refractivity contribution >= 4 is 5.78 Å². The maximum atomic E-state index is 12.6. The van der Waals surface area contributed by atoms with Crippen LogP contribution in [0.2, 0.25) is 0 Å². The first-order chi connectivity index (χ1) is 11.3. The predicted molar refractivity (Wildman–Crippen MR) is 89.5 cm³/mol. The number of fused-ring (bicyclic) bond motifs is 5. The number of aliphatic hydroxyl groups is 2. The molecule has 0 saturated heterocycles. The Balaban J connectivity index is 1.84. The van der Waals surface area contributed by atoms with Crippen LogP contribution >= 0.6 is 0 Å². The SMILES string of the molecule is CC1(C)C(=O)C(O)CC2(C)C1CCC1(CO)c3cocc3CCC12. The van der Waals surface area contributed by atoms with Gasteiger partial charge in [0.15, 0.2) is 5.78 Å². The van der Waals surface area contributed by atoms with Crippen LogP contribution in [-0.2, 0) is 16.6 Å². The van der Waals surface area contributed by atoms with Crippen LogP contribution < -0.4 is 0 Å². The quantitative estimate of drug-likeness (QED) is 0.829. The van der Waals surface area contributed by atoms with E-state index in [0.29, 0.717) is 6.42 Å². The Morgan fingerprint density at radius 1 is 1.21 bits per heavy atom. The van der Waals surface area contributed by atoms with Crippen molar-refractivity contribution in [2.75, 3.05) is 6.61 Å². The summed E-state index contributed by atoms with van der Waals surface area (Å²) < 4.78 is 5.48. The molecule has 0 radical (unpaired) electrons. The first-order valence-corrected chi connectivity index (χ1v) is 9.16. The molecule has 0 amide bonds. The zero-order valence-electron chi connectivity index (χ0n) is 14.8. The maximum absolute atomic E-state index is 12.6. The Morgan fingerprint density at radius 3 is 2.67 bits per heavy atom. The summed E-state index contributed by atoms with van der Waals surface area (Å²) in [5, 5.41) is 20.9. The monoisotopic (exact) mass is 332 g/mol. The van der Waals surface area contributed by atoms with Gasteiger partial charge in [-0.25, -0.2) is 0 Å². The molecule has 1 aromatic rings. The number of rotatable bonds is 1. The molecule has 4 heteroatoms. The standard InChI is InChI=1S/C20H28O4/c1-18(2)15-6-7-20(11-21)13-10-24-9-12(13)4-5-16(20)19(15,3)8-14(22)17(18)23/h9-10,14-16,21-22H,4-8,11H2,1-3H3. The molecule has 2 saturated carbocycles. The second-order valence-corrected chi connectivity index (χ2v) is 9.12. The van der Waals surface area contributed by atoms with Crippen LogP contribution in [0.3, 0.4) is 0 Å². The summed E-state index contributed by atoms with van der Waals surface area (Å²) in [6.07, 6.45) is 6.98. The number of furan rings is 1. The van der Waals surface area contributed by atoms with Crippen LogP contribution in [0.25, 0.3) is 0 Å². The summed E-state index contributed by atoms with van der Waals surface area (Å²) >= 11 is 0. The van der Waals surface area contributed by atoms with E-state index in [2.05, 4.69) is 6.92 Å². The molecular formula is C20H28O4. The Morgan fingerprint density at radius 2 is 1.96 bits per heavy atom. The fraction of sp³-hybridized carbons (Fsp3) is 0.750. The van der Waals surface area contributed by atoms with E-state index in [1.807, 2.05) is 26.4 Å². The van der Waals surface area contributed by atoms with Crippen LogP contribution in [0, 0.1) is 22.7 Å². The molecule has 0 spiro atoms. The van der Waals surface area contributed by atoms with E-state index < -0.39 is 11.5 Å². The molecule has 2 N–H and O–H groups in total. The van der Waals surface area contributed by atoms with Gasteiger partial charge >= 0.3 is 0 Å².